The molecule has 2 aromatic carbocycles. The molecular formula is C21H18N4O2S. The maximum atomic E-state index is 12.8. The van der Waals surface area contributed by atoms with Crippen LogP contribution >= 0.6 is 11.8 Å². The fourth-order valence-corrected chi connectivity index (χ4v) is 3.58. The van der Waals surface area contributed by atoms with Gasteiger partial charge in [0.1, 0.15) is 6.07 Å². The Labute approximate surface area is 166 Å². The molecular weight excluding hydrogens is 372 g/mol. The summed E-state index contributed by atoms with van der Waals surface area (Å²) in [7, 11) is 0. The summed E-state index contributed by atoms with van der Waals surface area (Å²) in [6.07, 6.45) is 1.62. The number of hydrogen-bond donors (Lipinski definition) is 1. The first-order valence-electron chi connectivity index (χ1n) is 8.62. The van der Waals surface area contributed by atoms with Crippen LogP contribution in [0.5, 0.6) is 0 Å². The number of hydrogen-bond acceptors (Lipinski definition) is 5. The Kier molecular flexibility index (Phi) is 5.92. The first kappa shape index (κ1) is 19.4. The van der Waals surface area contributed by atoms with Crippen LogP contribution in [0.15, 0.2) is 71.1 Å². The van der Waals surface area contributed by atoms with Crippen molar-refractivity contribution in [1.29, 1.82) is 5.26 Å². The normalized spacial score (nSPS) is 11.6. The molecule has 0 spiro atoms. The molecule has 1 heterocycles. The minimum Gasteiger partial charge on any atom is -0.324 e. The average molecular weight is 390 g/mol. The SMILES string of the molecule is C=CCn1c(S[C@@H](C)C(=O)Nc2ccccc2C#N)nc2ccccc2c1=O. The zero-order chi connectivity index (χ0) is 20.1. The minimum absolute atomic E-state index is 0.171. The third kappa shape index (κ3) is 3.97. The Morgan fingerprint density at radius 3 is 2.79 bits per heavy atom. The Morgan fingerprint density at radius 2 is 2.04 bits per heavy atom. The van der Waals surface area contributed by atoms with E-state index in [1.54, 1.807) is 55.5 Å². The van der Waals surface area contributed by atoms with Crippen molar-refractivity contribution < 1.29 is 4.79 Å². The van der Waals surface area contributed by atoms with Crippen molar-refractivity contribution in [2.75, 3.05) is 5.32 Å². The van der Waals surface area contributed by atoms with Gasteiger partial charge >= 0.3 is 0 Å². The van der Waals surface area contributed by atoms with Crippen molar-refractivity contribution in [2.45, 2.75) is 23.9 Å². The summed E-state index contributed by atoms with van der Waals surface area (Å²) >= 11 is 1.19. The number of fused-ring (bicyclic) bond motifs is 1. The van der Waals surface area contributed by atoms with Gasteiger partial charge in [0.25, 0.3) is 5.56 Å². The molecule has 1 aromatic heterocycles. The fraction of sp³-hybridized carbons (Fsp3) is 0.143. The number of allylic oxidation sites excluding steroid dienone is 1. The van der Waals surface area contributed by atoms with Crippen molar-refractivity contribution in [3.05, 3.63) is 77.1 Å². The predicted molar refractivity (Wildman–Crippen MR) is 111 cm³/mol. The number of aromatic nitrogens is 2. The lowest BCUT2D eigenvalue weighted by atomic mass is 10.2. The average Bonchev–Trinajstić information content (AvgIpc) is 2.71. The molecule has 28 heavy (non-hydrogen) atoms. The summed E-state index contributed by atoms with van der Waals surface area (Å²) in [5, 5.41) is 12.4. The number of para-hydroxylation sites is 2. The smallest absolute Gasteiger partial charge is 0.262 e. The van der Waals surface area contributed by atoms with Gasteiger partial charge in [-0.1, -0.05) is 42.1 Å². The molecule has 0 unspecified atom stereocenters. The molecule has 140 valence electrons. The van der Waals surface area contributed by atoms with Crippen molar-refractivity contribution in [2.24, 2.45) is 0 Å². The number of thioether (sulfide) groups is 1. The van der Waals surface area contributed by atoms with E-state index in [-0.39, 0.29) is 11.5 Å². The monoisotopic (exact) mass is 390 g/mol. The summed E-state index contributed by atoms with van der Waals surface area (Å²) < 4.78 is 1.51. The molecule has 0 aliphatic carbocycles. The van der Waals surface area contributed by atoms with Crippen LogP contribution in [0.2, 0.25) is 0 Å². The number of benzene rings is 2. The summed E-state index contributed by atoms with van der Waals surface area (Å²) in [6, 6.07) is 16.0. The van der Waals surface area contributed by atoms with Crippen molar-refractivity contribution in [3.63, 3.8) is 0 Å². The van der Waals surface area contributed by atoms with Gasteiger partial charge in [-0.05, 0) is 31.2 Å². The number of anilines is 1. The quantitative estimate of drug-likeness (QED) is 0.395. The van der Waals surface area contributed by atoms with E-state index in [1.807, 2.05) is 6.07 Å². The second kappa shape index (κ2) is 8.55. The Hall–Kier alpha value is -3.37. The Morgan fingerprint density at radius 1 is 1.32 bits per heavy atom. The highest BCUT2D eigenvalue weighted by atomic mass is 32.2. The standard InChI is InChI=1S/C21H18N4O2S/c1-3-12-25-20(27)16-9-5-7-11-18(16)24-21(25)28-14(2)19(26)23-17-10-6-4-8-15(17)13-22/h3-11,14H,1,12H2,2H3,(H,23,26)/t14-/m0/s1. The molecule has 0 radical (unpaired) electrons. The maximum absolute atomic E-state index is 12.8. The zero-order valence-electron chi connectivity index (χ0n) is 15.3. The molecule has 0 fully saturated rings. The summed E-state index contributed by atoms with van der Waals surface area (Å²) in [5.74, 6) is -0.278. The van der Waals surface area contributed by atoms with E-state index in [2.05, 4.69) is 22.9 Å². The molecule has 3 aromatic rings. The number of carbonyl (C=O) groups excluding carboxylic acids is 1. The number of nitriles is 1. The first-order chi connectivity index (χ1) is 13.5. The lowest BCUT2D eigenvalue weighted by Gasteiger charge is -2.16. The third-order valence-corrected chi connectivity index (χ3v) is 5.19. The van der Waals surface area contributed by atoms with Crippen LogP contribution in [0.1, 0.15) is 12.5 Å². The Bertz CT molecular complexity index is 1150. The van der Waals surface area contributed by atoms with Gasteiger partial charge in [-0.15, -0.1) is 6.58 Å². The van der Waals surface area contributed by atoms with E-state index in [0.29, 0.717) is 33.9 Å². The Balaban J connectivity index is 1.90. The summed E-state index contributed by atoms with van der Waals surface area (Å²) in [6.45, 7) is 5.73. The van der Waals surface area contributed by atoms with Crippen LogP contribution in [0, 0.1) is 11.3 Å². The highest BCUT2D eigenvalue weighted by Crippen LogP contribution is 2.24. The topological polar surface area (TPSA) is 87.8 Å². The molecule has 1 atom stereocenters. The second-order valence-electron chi connectivity index (χ2n) is 6.02. The largest absolute Gasteiger partial charge is 0.324 e. The molecule has 0 saturated carbocycles. The zero-order valence-corrected chi connectivity index (χ0v) is 16.1. The number of rotatable bonds is 6. The molecule has 7 heteroatoms. The van der Waals surface area contributed by atoms with E-state index < -0.39 is 5.25 Å². The van der Waals surface area contributed by atoms with E-state index in [1.165, 1.54) is 16.3 Å². The first-order valence-corrected chi connectivity index (χ1v) is 9.50. The second-order valence-corrected chi connectivity index (χ2v) is 7.33. The van der Waals surface area contributed by atoms with Crippen LogP contribution in [0.4, 0.5) is 5.69 Å². The minimum atomic E-state index is -0.532. The van der Waals surface area contributed by atoms with Gasteiger partial charge in [-0.25, -0.2) is 4.98 Å². The third-order valence-electron chi connectivity index (χ3n) is 4.10. The molecule has 1 N–H and O–H groups in total. The van der Waals surface area contributed by atoms with Crippen molar-refractivity contribution >= 4 is 34.3 Å². The van der Waals surface area contributed by atoms with Crippen molar-refractivity contribution in [3.8, 4) is 6.07 Å². The molecule has 0 aliphatic heterocycles. The molecule has 1 amide bonds. The summed E-state index contributed by atoms with van der Waals surface area (Å²) in [5.41, 5.74) is 1.26. The molecule has 0 bridgehead atoms. The van der Waals surface area contributed by atoms with Crippen molar-refractivity contribution in [1.82, 2.24) is 9.55 Å². The number of nitrogens with one attached hydrogen (secondary N) is 1. The lowest BCUT2D eigenvalue weighted by molar-refractivity contribution is -0.115. The van der Waals surface area contributed by atoms with Gasteiger partial charge in [-0.3, -0.25) is 14.2 Å². The number of amides is 1. The fourth-order valence-electron chi connectivity index (χ4n) is 2.66. The molecule has 0 aliphatic rings. The van der Waals surface area contributed by atoms with Gasteiger partial charge in [0.15, 0.2) is 5.16 Å². The van der Waals surface area contributed by atoms with Crippen LogP contribution < -0.4 is 10.9 Å². The highest BCUT2D eigenvalue weighted by Gasteiger charge is 2.20. The predicted octanol–water partition coefficient (Wildman–Crippen LogP) is 3.57. The van der Waals surface area contributed by atoms with Gasteiger partial charge in [0.2, 0.25) is 5.91 Å². The molecule has 3 rings (SSSR count). The van der Waals surface area contributed by atoms with Crippen LogP contribution in [0.3, 0.4) is 0 Å². The summed E-state index contributed by atoms with van der Waals surface area (Å²) in [4.78, 5) is 30.0. The van der Waals surface area contributed by atoms with Gasteiger partial charge in [-0.2, -0.15) is 5.26 Å². The van der Waals surface area contributed by atoms with Crippen LogP contribution in [-0.2, 0) is 11.3 Å². The number of nitrogens with zero attached hydrogens (tertiary/aromatic N) is 3. The molecule has 6 nitrogen and oxygen atoms in total. The van der Waals surface area contributed by atoms with E-state index in [4.69, 9.17) is 5.26 Å². The van der Waals surface area contributed by atoms with Gasteiger partial charge < -0.3 is 5.32 Å². The number of carbonyl (C=O) groups is 1. The van der Waals surface area contributed by atoms with Gasteiger partial charge in [0.05, 0.1) is 27.4 Å². The van der Waals surface area contributed by atoms with E-state index >= 15 is 0 Å². The lowest BCUT2D eigenvalue weighted by Crippen LogP contribution is -2.27. The van der Waals surface area contributed by atoms with E-state index in [9.17, 15) is 9.59 Å². The van der Waals surface area contributed by atoms with Crippen LogP contribution in [-0.4, -0.2) is 20.7 Å². The van der Waals surface area contributed by atoms with E-state index in [0.717, 1.165) is 0 Å². The van der Waals surface area contributed by atoms with Crippen LogP contribution in [0.25, 0.3) is 10.9 Å². The van der Waals surface area contributed by atoms with Gasteiger partial charge in [0, 0.05) is 6.54 Å². The maximum Gasteiger partial charge on any atom is 0.262 e. The molecule has 0 saturated heterocycles. The highest BCUT2D eigenvalue weighted by molar-refractivity contribution is 8.00.